The Morgan fingerprint density at radius 3 is 1.85 bits per heavy atom. The van der Waals surface area contributed by atoms with Gasteiger partial charge in [-0.25, -0.2) is 0 Å². The smallest absolute Gasteiger partial charge is 0.211 e. The van der Waals surface area contributed by atoms with Gasteiger partial charge in [0.15, 0.2) is 11.6 Å². The molecule has 0 fully saturated rings. The van der Waals surface area contributed by atoms with Gasteiger partial charge in [-0.1, -0.05) is 84.5 Å². The van der Waals surface area contributed by atoms with Crippen molar-refractivity contribution in [2.45, 2.75) is 6.42 Å². The van der Waals surface area contributed by atoms with E-state index in [0.717, 1.165) is 5.57 Å². The molecule has 2 aromatic carbocycles. The van der Waals surface area contributed by atoms with Crippen LogP contribution in [0.5, 0.6) is 0 Å². The predicted molar refractivity (Wildman–Crippen MR) is 102 cm³/mol. The third kappa shape index (κ3) is 4.26. The quantitative estimate of drug-likeness (QED) is 0.306. The van der Waals surface area contributed by atoms with Crippen LogP contribution in [0, 0.1) is 22.0 Å². The van der Waals surface area contributed by atoms with Crippen molar-refractivity contribution in [1.29, 1.82) is 0 Å². The van der Waals surface area contributed by atoms with Gasteiger partial charge in [-0.3, -0.25) is 19.7 Å². The number of ketones is 2. The molecule has 1 aliphatic rings. The molecule has 0 saturated heterocycles. The summed E-state index contributed by atoms with van der Waals surface area (Å²) in [7, 11) is 0. The van der Waals surface area contributed by atoms with E-state index in [1.165, 1.54) is 0 Å². The average Bonchev–Trinajstić information content (AvgIpc) is 3.23. The Morgan fingerprint density at radius 1 is 0.926 bits per heavy atom. The van der Waals surface area contributed by atoms with Gasteiger partial charge in [0.2, 0.25) is 6.54 Å². The fourth-order valence-corrected chi connectivity index (χ4v) is 3.38. The van der Waals surface area contributed by atoms with E-state index in [1.54, 1.807) is 72.8 Å². The van der Waals surface area contributed by atoms with Crippen molar-refractivity contribution in [3.63, 3.8) is 0 Å². The standard InChI is InChI=1S/C22H19NO4/c24-21(17-11-3-1-4-12-17)20(22(25)18-13-5-2-6-14-18)19(15-23(26)27)16-9-7-8-10-16/h1-9,11-14,19-20H,10,15H2/t19-/m0/s1. The maximum absolute atomic E-state index is 13.2. The van der Waals surface area contributed by atoms with Crippen LogP contribution >= 0.6 is 0 Å². The van der Waals surface area contributed by atoms with Crippen molar-refractivity contribution < 1.29 is 14.5 Å². The average molecular weight is 361 g/mol. The molecule has 1 atom stereocenters. The molecule has 3 rings (SSSR count). The van der Waals surface area contributed by atoms with Crippen LogP contribution < -0.4 is 0 Å². The molecule has 0 N–H and O–H groups in total. The monoisotopic (exact) mass is 361 g/mol. The second kappa shape index (κ2) is 8.36. The predicted octanol–water partition coefficient (Wildman–Crippen LogP) is 4.15. The summed E-state index contributed by atoms with van der Waals surface area (Å²) in [4.78, 5) is 37.4. The van der Waals surface area contributed by atoms with Crippen molar-refractivity contribution in [2.75, 3.05) is 6.54 Å². The summed E-state index contributed by atoms with van der Waals surface area (Å²) in [5.74, 6) is -2.69. The van der Waals surface area contributed by atoms with Crippen molar-refractivity contribution in [1.82, 2.24) is 0 Å². The summed E-state index contributed by atoms with van der Waals surface area (Å²) < 4.78 is 0. The maximum atomic E-state index is 13.2. The largest absolute Gasteiger partial charge is 0.293 e. The first kappa shape index (κ1) is 18.5. The number of hydrogen-bond donors (Lipinski definition) is 0. The van der Waals surface area contributed by atoms with E-state index in [1.807, 2.05) is 6.08 Å². The summed E-state index contributed by atoms with van der Waals surface area (Å²) in [6.07, 6.45) is 5.97. The highest BCUT2D eigenvalue weighted by Crippen LogP contribution is 2.32. The molecule has 27 heavy (non-hydrogen) atoms. The zero-order valence-corrected chi connectivity index (χ0v) is 14.7. The van der Waals surface area contributed by atoms with Gasteiger partial charge in [0.25, 0.3) is 0 Å². The lowest BCUT2D eigenvalue weighted by Gasteiger charge is -2.24. The van der Waals surface area contributed by atoms with Gasteiger partial charge >= 0.3 is 0 Å². The van der Waals surface area contributed by atoms with Crippen LogP contribution in [0.25, 0.3) is 0 Å². The Morgan fingerprint density at radius 2 is 1.44 bits per heavy atom. The molecule has 0 aliphatic heterocycles. The lowest BCUT2D eigenvalue weighted by Crippen LogP contribution is -2.36. The van der Waals surface area contributed by atoms with Gasteiger partial charge in [0, 0.05) is 16.1 Å². The maximum Gasteiger partial charge on any atom is 0.211 e. The summed E-state index contributed by atoms with van der Waals surface area (Å²) in [5.41, 5.74) is 1.50. The van der Waals surface area contributed by atoms with Crippen molar-refractivity contribution in [3.8, 4) is 0 Å². The molecule has 136 valence electrons. The van der Waals surface area contributed by atoms with Gasteiger partial charge in [-0.2, -0.15) is 0 Å². The number of nitro groups is 1. The molecule has 0 amide bonds. The lowest BCUT2D eigenvalue weighted by molar-refractivity contribution is -0.487. The first-order chi connectivity index (χ1) is 13.1. The molecule has 0 aromatic heterocycles. The highest BCUT2D eigenvalue weighted by atomic mass is 16.6. The minimum atomic E-state index is -1.13. The molecule has 0 radical (unpaired) electrons. The molecule has 0 saturated carbocycles. The summed E-state index contributed by atoms with van der Waals surface area (Å²) in [6, 6.07) is 17.0. The van der Waals surface area contributed by atoms with Gasteiger partial charge in [0.1, 0.15) is 0 Å². The number of carbonyl (C=O) groups excluding carboxylic acids is 2. The van der Waals surface area contributed by atoms with Crippen LogP contribution in [0.2, 0.25) is 0 Å². The molecule has 0 bridgehead atoms. The number of Topliss-reactive ketones (excluding diaryl/α,β-unsaturated/α-hetero) is 2. The Bertz CT molecular complexity index is 849. The Balaban J connectivity index is 2.06. The summed E-state index contributed by atoms with van der Waals surface area (Å²) >= 11 is 0. The van der Waals surface area contributed by atoms with E-state index in [9.17, 15) is 19.7 Å². The summed E-state index contributed by atoms with van der Waals surface area (Å²) in [5, 5.41) is 11.3. The Hall–Kier alpha value is -3.34. The van der Waals surface area contributed by atoms with Crippen molar-refractivity contribution in [2.24, 2.45) is 11.8 Å². The summed E-state index contributed by atoms with van der Waals surface area (Å²) in [6.45, 7) is -0.463. The van der Waals surface area contributed by atoms with Crippen LogP contribution in [0.4, 0.5) is 0 Å². The van der Waals surface area contributed by atoms with Crippen LogP contribution in [0.15, 0.2) is 84.5 Å². The minimum Gasteiger partial charge on any atom is -0.293 e. The number of hydrogen-bond acceptors (Lipinski definition) is 4. The third-order valence-electron chi connectivity index (χ3n) is 4.71. The Labute approximate surface area is 157 Å². The Kier molecular flexibility index (Phi) is 5.71. The number of allylic oxidation sites excluding steroid dienone is 3. The topological polar surface area (TPSA) is 77.3 Å². The van der Waals surface area contributed by atoms with Gasteiger partial charge in [0.05, 0.1) is 11.8 Å². The van der Waals surface area contributed by atoms with Crippen molar-refractivity contribution >= 4 is 11.6 Å². The lowest BCUT2D eigenvalue weighted by atomic mass is 9.76. The van der Waals surface area contributed by atoms with Crippen LogP contribution in [-0.4, -0.2) is 23.0 Å². The van der Waals surface area contributed by atoms with Crippen molar-refractivity contribution in [3.05, 3.63) is 106 Å². The normalized spacial score (nSPS) is 14.0. The highest BCUT2D eigenvalue weighted by molar-refractivity contribution is 6.16. The minimum absolute atomic E-state index is 0.381. The highest BCUT2D eigenvalue weighted by Gasteiger charge is 2.40. The van der Waals surface area contributed by atoms with E-state index in [-0.39, 0.29) is 11.6 Å². The van der Waals surface area contributed by atoms with Crippen LogP contribution in [0.1, 0.15) is 27.1 Å². The first-order valence-corrected chi connectivity index (χ1v) is 8.74. The van der Waals surface area contributed by atoms with E-state index in [2.05, 4.69) is 0 Å². The van der Waals surface area contributed by atoms with E-state index in [4.69, 9.17) is 0 Å². The number of nitrogens with zero attached hydrogens (tertiary/aromatic N) is 1. The molecule has 5 nitrogen and oxygen atoms in total. The molecule has 2 aromatic rings. The third-order valence-corrected chi connectivity index (χ3v) is 4.71. The van der Waals surface area contributed by atoms with Crippen LogP contribution in [0.3, 0.4) is 0 Å². The zero-order chi connectivity index (χ0) is 19.2. The fourth-order valence-electron chi connectivity index (χ4n) is 3.38. The van der Waals surface area contributed by atoms with Gasteiger partial charge in [-0.15, -0.1) is 0 Å². The van der Waals surface area contributed by atoms with Crippen LogP contribution in [-0.2, 0) is 0 Å². The van der Waals surface area contributed by atoms with Gasteiger partial charge in [-0.05, 0) is 6.42 Å². The molecular weight excluding hydrogens is 342 g/mol. The number of carbonyl (C=O) groups is 2. The van der Waals surface area contributed by atoms with E-state index >= 15 is 0 Å². The van der Waals surface area contributed by atoms with E-state index in [0.29, 0.717) is 17.5 Å². The van der Waals surface area contributed by atoms with Gasteiger partial charge < -0.3 is 0 Å². The molecule has 0 spiro atoms. The SMILES string of the molecule is O=C(c1ccccc1)C(C(=O)c1ccccc1)[C@@H](C[N+](=O)[O-])C1=CC=CC1. The molecular formula is C22H19NO4. The molecule has 0 unspecified atom stereocenters. The van der Waals surface area contributed by atoms with E-state index < -0.39 is 23.3 Å². The number of benzene rings is 2. The second-order valence-corrected chi connectivity index (χ2v) is 6.43. The molecule has 0 heterocycles. The second-order valence-electron chi connectivity index (χ2n) is 6.43. The zero-order valence-electron chi connectivity index (χ0n) is 14.7. The number of rotatable bonds is 8. The molecule has 1 aliphatic carbocycles. The molecule has 5 heteroatoms. The fraction of sp³-hybridized carbons (Fsp3) is 0.182. The first-order valence-electron chi connectivity index (χ1n) is 8.74.